The molecular weight excluding hydrogens is 309 g/mol. The molecule has 0 saturated heterocycles. The Morgan fingerprint density at radius 2 is 2.36 bits per heavy atom. The zero-order valence-electron chi connectivity index (χ0n) is 11.1. The van der Waals surface area contributed by atoms with Gasteiger partial charge in [-0.15, -0.1) is 16.4 Å². The third-order valence-electron chi connectivity index (χ3n) is 2.78. The fourth-order valence-electron chi connectivity index (χ4n) is 1.83. The summed E-state index contributed by atoms with van der Waals surface area (Å²) < 4.78 is 15.9. The molecule has 22 heavy (non-hydrogen) atoms. The molecule has 3 rings (SSSR count). The molecule has 0 aliphatic carbocycles. The molecule has 2 N–H and O–H groups in total. The van der Waals surface area contributed by atoms with E-state index in [0.29, 0.717) is 22.8 Å². The highest BCUT2D eigenvalue weighted by atomic mass is 32.1. The van der Waals surface area contributed by atoms with Crippen molar-refractivity contribution < 1.29 is 14.4 Å². The van der Waals surface area contributed by atoms with Crippen molar-refractivity contribution in [1.29, 1.82) is 0 Å². The molecule has 1 amide bonds. The first-order chi connectivity index (χ1) is 10.7. The van der Waals surface area contributed by atoms with Gasteiger partial charge in [0.25, 0.3) is 5.91 Å². The Labute approximate surface area is 127 Å². The normalized spacial score (nSPS) is 11.4. The van der Waals surface area contributed by atoms with Gasteiger partial charge < -0.3 is 0 Å². The minimum absolute atomic E-state index is 0.349. The molecule has 0 bridgehead atoms. The highest BCUT2D eigenvalue weighted by Crippen LogP contribution is 2.24. The Hall–Kier alpha value is -2.65. The average molecular weight is 319 g/mol. The largest absolute Gasteiger partial charge is 0.288 e. The van der Waals surface area contributed by atoms with E-state index in [1.807, 2.05) is 6.07 Å². The molecule has 0 unspecified atom stereocenters. The second-order valence-corrected chi connectivity index (χ2v) is 5.46. The van der Waals surface area contributed by atoms with Gasteiger partial charge in [0.15, 0.2) is 0 Å². The van der Waals surface area contributed by atoms with Gasteiger partial charge in [-0.1, -0.05) is 11.3 Å². The fraction of sp³-hybridized carbons (Fsp3) is 0.0769. The number of benzene rings is 1. The minimum atomic E-state index is -0.656. The summed E-state index contributed by atoms with van der Waals surface area (Å²) in [6.07, 6.45) is 4.15. The summed E-state index contributed by atoms with van der Waals surface area (Å²) in [5.74, 6) is -1.01. The number of fused-ring (bicyclic) bond motifs is 1. The molecule has 112 valence electrons. The Bertz CT molecular complexity index is 857. The number of hydroxylamine groups is 1. The second kappa shape index (κ2) is 6.00. The molecule has 3 aromatic rings. The number of aromatic nitrogens is 4. The number of hydrogen-bond acceptors (Lipinski definition) is 6. The van der Waals surface area contributed by atoms with Crippen LogP contribution in [0.25, 0.3) is 16.3 Å². The Morgan fingerprint density at radius 1 is 1.50 bits per heavy atom. The topological polar surface area (TPSA) is 92.9 Å². The molecule has 0 spiro atoms. The summed E-state index contributed by atoms with van der Waals surface area (Å²) in [6.45, 7) is 0.353. The molecule has 0 aliphatic heterocycles. The van der Waals surface area contributed by atoms with E-state index in [2.05, 4.69) is 15.3 Å². The molecule has 9 heteroatoms. The first-order valence-electron chi connectivity index (χ1n) is 6.22. The van der Waals surface area contributed by atoms with Crippen molar-refractivity contribution in [3.8, 4) is 0 Å². The number of rotatable bonds is 4. The summed E-state index contributed by atoms with van der Waals surface area (Å²) in [7, 11) is 0. The third kappa shape index (κ3) is 3.00. The number of para-hydroxylation sites is 1. The first-order valence-corrected chi connectivity index (χ1v) is 7.03. The van der Waals surface area contributed by atoms with E-state index in [1.165, 1.54) is 33.6 Å². The van der Waals surface area contributed by atoms with Crippen molar-refractivity contribution in [2.75, 3.05) is 0 Å². The Morgan fingerprint density at radius 3 is 3.14 bits per heavy atom. The van der Waals surface area contributed by atoms with Crippen molar-refractivity contribution in [1.82, 2.24) is 25.5 Å². The van der Waals surface area contributed by atoms with Gasteiger partial charge in [-0.2, -0.15) is 0 Å². The molecule has 2 heterocycles. The predicted molar refractivity (Wildman–Crippen MR) is 77.7 cm³/mol. The van der Waals surface area contributed by atoms with Gasteiger partial charge in [0.2, 0.25) is 0 Å². The fourth-order valence-corrected chi connectivity index (χ4v) is 2.81. The quantitative estimate of drug-likeness (QED) is 0.433. The molecule has 0 radical (unpaired) electrons. The number of amides is 1. The molecular formula is C13H10FN5O2S. The standard InChI is InChI=1S/C13H10FN5O2S/c14-9-2-1-3-10-13(9)15-12(22-10)7-19-6-8(16-18-19)4-5-11(20)17-21/h1-6,21H,7H2,(H,17,20). The first kappa shape index (κ1) is 14.3. The maximum absolute atomic E-state index is 13.6. The lowest BCUT2D eigenvalue weighted by Crippen LogP contribution is -2.14. The van der Waals surface area contributed by atoms with E-state index in [1.54, 1.807) is 12.3 Å². The lowest BCUT2D eigenvalue weighted by molar-refractivity contribution is -0.124. The maximum atomic E-state index is 13.6. The van der Waals surface area contributed by atoms with Crippen LogP contribution in [0.15, 0.2) is 30.5 Å². The van der Waals surface area contributed by atoms with Crippen molar-refractivity contribution >= 4 is 33.5 Å². The van der Waals surface area contributed by atoms with Crippen molar-refractivity contribution in [2.45, 2.75) is 6.54 Å². The van der Waals surface area contributed by atoms with Crippen LogP contribution in [0, 0.1) is 5.82 Å². The molecule has 0 fully saturated rings. The van der Waals surface area contributed by atoms with Crippen LogP contribution in [-0.4, -0.2) is 31.1 Å². The molecule has 0 saturated carbocycles. The summed E-state index contributed by atoms with van der Waals surface area (Å²) in [5.41, 5.74) is 2.28. The van der Waals surface area contributed by atoms with E-state index < -0.39 is 5.91 Å². The summed E-state index contributed by atoms with van der Waals surface area (Å²) >= 11 is 1.38. The van der Waals surface area contributed by atoms with Gasteiger partial charge in [-0.3, -0.25) is 10.0 Å². The van der Waals surface area contributed by atoms with Crippen LogP contribution in [-0.2, 0) is 11.3 Å². The monoisotopic (exact) mass is 319 g/mol. The smallest absolute Gasteiger partial charge is 0.267 e. The number of hydrogen-bond donors (Lipinski definition) is 2. The van der Waals surface area contributed by atoms with Crippen LogP contribution in [0.3, 0.4) is 0 Å². The second-order valence-electron chi connectivity index (χ2n) is 4.34. The molecule has 2 aromatic heterocycles. The van der Waals surface area contributed by atoms with Crippen LogP contribution < -0.4 is 5.48 Å². The minimum Gasteiger partial charge on any atom is -0.288 e. The van der Waals surface area contributed by atoms with Gasteiger partial charge in [0, 0.05) is 6.08 Å². The van der Waals surface area contributed by atoms with Crippen molar-refractivity contribution in [2.24, 2.45) is 0 Å². The van der Waals surface area contributed by atoms with Crippen LogP contribution >= 0.6 is 11.3 Å². The highest BCUT2D eigenvalue weighted by Gasteiger charge is 2.09. The zero-order chi connectivity index (χ0) is 15.5. The molecule has 0 atom stereocenters. The Kier molecular flexibility index (Phi) is 3.90. The SMILES string of the molecule is O=C(C=Cc1cn(Cc2nc3c(F)cccc3s2)nn1)NO. The highest BCUT2D eigenvalue weighted by molar-refractivity contribution is 7.18. The Balaban J connectivity index is 1.78. The van der Waals surface area contributed by atoms with Crippen LogP contribution in [0.2, 0.25) is 0 Å². The van der Waals surface area contributed by atoms with E-state index in [4.69, 9.17) is 5.21 Å². The summed E-state index contributed by atoms with van der Waals surface area (Å²) in [4.78, 5) is 15.1. The van der Waals surface area contributed by atoms with E-state index in [0.717, 1.165) is 10.8 Å². The number of halogens is 1. The van der Waals surface area contributed by atoms with Gasteiger partial charge in [-0.25, -0.2) is 19.5 Å². The molecule has 0 aliphatic rings. The summed E-state index contributed by atoms with van der Waals surface area (Å²) in [6, 6.07) is 4.82. The molecule has 7 nitrogen and oxygen atoms in total. The zero-order valence-corrected chi connectivity index (χ0v) is 11.9. The van der Waals surface area contributed by atoms with Gasteiger partial charge in [0.05, 0.1) is 17.4 Å². The third-order valence-corrected chi connectivity index (χ3v) is 3.79. The number of nitrogens with one attached hydrogen (secondary N) is 1. The van der Waals surface area contributed by atoms with E-state index >= 15 is 0 Å². The van der Waals surface area contributed by atoms with Crippen LogP contribution in [0.4, 0.5) is 4.39 Å². The van der Waals surface area contributed by atoms with Crippen LogP contribution in [0.1, 0.15) is 10.7 Å². The average Bonchev–Trinajstić information content (AvgIpc) is 3.12. The van der Waals surface area contributed by atoms with Crippen molar-refractivity contribution in [3.63, 3.8) is 0 Å². The number of carbonyl (C=O) groups excluding carboxylic acids is 1. The summed E-state index contributed by atoms with van der Waals surface area (Å²) in [5, 5.41) is 16.8. The number of nitrogens with zero attached hydrogens (tertiary/aromatic N) is 4. The lowest BCUT2D eigenvalue weighted by atomic mass is 10.3. The number of thiazole rings is 1. The van der Waals surface area contributed by atoms with E-state index in [9.17, 15) is 9.18 Å². The van der Waals surface area contributed by atoms with Gasteiger partial charge >= 0.3 is 0 Å². The number of carbonyl (C=O) groups is 1. The van der Waals surface area contributed by atoms with E-state index in [-0.39, 0.29) is 5.82 Å². The maximum Gasteiger partial charge on any atom is 0.267 e. The van der Waals surface area contributed by atoms with Gasteiger partial charge in [0.1, 0.15) is 22.0 Å². The molecule has 1 aromatic carbocycles. The van der Waals surface area contributed by atoms with Gasteiger partial charge in [-0.05, 0) is 18.2 Å². The predicted octanol–water partition coefficient (Wildman–Crippen LogP) is 1.59. The van der Waals surface area contributed by atoms with Crippen LogP contribution in [0.5, 0.6) is 0 Å². The lowest BCUT2D eigenvalue weighted by Gasteiger charge is -1.93. The van der Waals surface area contributed by atoms with Crippen molar-refractivity contribution in [3.05, 3.63) is 47.0 Å².